The summed E-state index contributed by atoms with van der Waals surface area (Å²) in [5, 5.41) is 5.74. The molecule has 2 heterocycles. The van der Waals surface area contributed by atoms with E-state index in [0.29, 0.717) is 17.5 Å². The van der Waals surface area contributed by atoms with E-state index >= 15 is 0 Å². The molecule has 2 aromatic carbocycles. The molecule has 0 fully saturated rings. The Balaban J connectivity index is 1.51. The Morgan fingerprint density at radius 2 is 2.03 bits per heavy atom. The first-order chi connectivity index (χ1) is 15.0. The third kappa shape index (κ3) is 4.75. The maximum absolute atomic E-state index is 14.2. The van der Waals surface area contributed by atoms with Gasteiger partial charge in [-0.2, -0.15) is 0 Å². The molecule has 8 nitrogen and oxygen atoms in total. The largest absolute Gasteiger partial charge is 0.497 e. The molecule has 2 aromatic heterocycles. The van der Waals surface area contributed by atoms with Gasteiger partial charge in [-0.05, 0) is 29.8 Å². The molecule has 0 spiro atoms. The molecule has 0 aliphatic carbocycles. The summed E-state index contributed by atoms with van der Waals surface area (Å²) in [5.74, 6) is 0.198. The third-order valence-electron chi connectivity index (χ3n) is 4.40. The summed E-state index contributed by atoms with van der Waals surface area (Å²) < 4.78 is 20.8. The van der Waals surface area contributed by atoms with Gasteiger partial charge in [-0.25, -0.2) is 18.9 Å². The molecule has 158 valence electrons. The van der Waals surface area contributed by atoms with E-state index in [4.69, 9.17) is 4.74 Å². The molecule has 0 unspecified atom stereocenters. The van der Waals surface area contributed by atoms with Gasteiger partial charge in [-0.15, -0.1) is 0 Å². The highest BCUT2D eigenvalue weighted by atomic mass is 32.2. The van der Waals surface area contributed by atoms with Crippen LogP contribution in [0.3, 0.4) is 0 Å². The number of benzene rings is 2. The molecule has 31 heavy (non-hydrogen) atoms. The molecular weight excluding hydrogens is 421 g/mol. The number of halogens is 1. The van der Waals surface area contributed by atoms with Crippen LogP contribution in [0.5, 0.6) is 5.75 Å². The van der Waals surface area contributed by atoms with Crippen molar-refractivity contribution >= 4 is 23.3 Å². The molecule has 4 rings (SSSR count). The number of hydrogen-bond donors (Lipinski definition) is 2. The lowest BCUT2D eigenvalue weighted by Crippen LogP contribution is -2.24. The number of carbonyl (C=O) groups excluding carboxylic acids is 1. The Kier molecular flexibility index (Phi) is 5.99. The molecule has 0 bridgehead atoms. The highest BCUT2D eigenvalue weighted by Gasteiger charge is 2.15. The van der Waals surface area contributed by atoms with Crippen molar-refractivity contribution in [2.45, 2.75) is 11.7 Å². The quantitative estimate of drug-likeness (QED) is 0.430. The lowest BCUT2D eigenvalue weighted by molar-refractivity contribution is -0.118. The smallest absolute Gasteiger partial charge is 0.266 e. The Bertz CT molecular complexity index is 1300. The number of amides is 1. The fraction of sp³-hybridized carbons (Fsp3) is 0.143. The zero-order valence-corrected chi connectivity index (χ0v) is 17.3. The first kappa shape index (κ1) is 20.6. The highest BCUT2D eigenvalue weighted by molar-refractivity contribution is 7.99. The predicted molar refractivity (Wildman–Crippen MR) is 115 cm³/mol. The van der Waals surface area contributed by atoms with Crippen molar-refractivity contribution in [2.24, 2.45) is 0 Å². The second-order valence-electron chi connectivity index (χ2n) is 6.54. The van der Waals surface area contributed by atoms with Crippen LogP contribution in [-0.2, 0) is 11.3 Å². The normalized spacial score (nSPS) is 10.9. The van der Waals surface area contributed by atoms with E-state index in [1.807, 2.05) is 24.3 Å². The van der Waals surface area contributed by atoms with Gasteiger partial charge in [0.25, 0.3) is 5.56 Å². The van der Waals surface area contributed by atoms with Crippen molar-refractivity contribution in [1.29, 1.82) is 0 Å². The Morgan fingerprint density at radius 3 is 2.84 bits per heavy atom. The van der Waals surface area contributed by atoms with E-state index in [1.165, 1.54) is 16.6 Å². The van der Waals surface area contributed by atoms with Crippen LogP contribution in [-0.4, -0.2) is 38.4 Å². The number of nitrogens with one attached hydrogen (secondary N) is 2. The number of aromatic nitrogens is 4. The molecule has 0 aliphatic rings. The summed E-state index contributed by atoms with van der Waals surface area (Å²) in [5.41, 5.74) is 1.03. The standard InChI is InChI=1S/C21H18FN5O3S/c1-30-14-6-4-5-13(9-14)11-23-19(29)12-31-21-25-20(15-7-2-3-8-16(15)22)24-17-10-18(28)26-27(17)21/h2-10H,11-12H2,1H3,(H,23,29)(H,26,28). The first-order valence-electron chi connectivity index (χ1n) is 9.30. The summed E-state index contributed by atoms with van der Waals surface area (Å²) in [6.45, 7) is 0.344. The van der Waals surface area contributed by atoms with Crippen LogP contribution in [0.4, 0.5) is 4.39 Å². The number of ether oxygens (including phenoxy) is 1. The van der Waals surface area contributed by atoms with Crippen LogP contribution in [0.1, 0.15) is 5.56 Å². The molecule has 0 radical (unpaired) electrons. The van der Waals surface area contributed by atoms with Gasteiger partial charge in [0.2, 0.25) is 5.91 Å². The van der Waals surface area contributed by atoms with Crippen LogP contribution >= 0.6 is 11.8 Å². The number of H-pyrrole nitrogens is 1. The Labute approximate surface area is 180 Å². The lowest BCUT2D eigenvalue weighted by Gasteiger charge is -2.09. The van der Waals surface area contributed by atoms with Gasteiger partial charge in [0.05, 0.1) is 18.4 Å². The molecule has 4 aromatic rings. The SMILES string of the molecule is COc1cccc(CNC(=O)CSc2nc(-c3ccccc3F)nc3cc(=O)[nH]n23)c1. The maximum Gasteiger partial charge on any atom is 0.266 e. The van der Waals surface area contributed by atoms with Gasteiger partial charge in [0, 0.05) is 12.6 Å². The van der Waals surface area contributed by atoms with Crippen molar-refractivity contribution in [3.8, 4) is 17.1 Å². The van der Waals surface area contributed by atoms with Gasteiger partial charge in [-0.1, -0.05) is 36.0 Å². The second-order valence-corrected chi connectivity index (χ2v) is 7.48. The highest BCUT2D eigenvalue weighted by Crippen LogP contribution is 2.23. The fourth-order valence-electron chi connectivity index (χ4n) is 2.91. The average molecular weight is 439 g/mol. The van der Waals surface area contributed by atoms with Crippen LogP contribution in [0.15, 0.2) is 64.5 Å². The van der Waals surface area contributed by atoms with Gasteiger partial charge >= 0.3 is 0 Å². The number of aromatic amines is 1. The van der Waals surface area contributed by atoms with Crippen molar-refractivity contribution in [3.63, 3.8) is 0 Å². The molecular formula is C21H18FN5O3S. The fourth-order valence-corrected chi connectivity index (χ4v) is 3.69. The molecule has 0 atom stereocenters. The van der Waals surface area contributed by atoms with E-state index in [9.17, 15) is 14.0 Å². The molecule has 10 heteroatoms. The number of fused-ring (bicyclic) bond motifs is 1. The Morgan fingerprint density at radius 1 is 1.19 bits per heavy atom. The number of rotatable bonds is 7. The molecule has 0 saturated heterocycles. The molecule has 1 amide bonds. The van der Waals surface area contributed by atoms with E-state index in [1.54, 1.807) is 25.3 Å². The summed E-state index contributed by atoms with van der Waals surface area (Å²) in [4.78, 5) is 32.8. The zero-order valence-electron chi connectivity index (χ0n) is 16.5. The minimum absolute atomic E-state index is 0.0486. The zero-order chi connectivity index (χ0) is 21.8. The van der Waals surface area contributed by atoms with Crippen molar-refractivity contribution in [3.05, 3.63) is 76.3 Å². The maximum atomic E-state index is 14.2. The van der Waals surface area contributed by atoms with E-state index in [0.717, 1.165) is 17.3 Å². The van der Waals surface area contributed by atoms with Gasteiger partial charge < -0.3 is 10.1 Å². The number of methoxy groups -OCH3 is 1. The van der Waals surface area contributed by atoms with E-state index in [-0.39, 0.29) is 34.3 Å². The monoisotopic (exact) mass is 439 g/mol. The van der Waals surface area contributed by atoms with Crippen molar-refractivity contribution in [1.82, 2.24) is 24.9 Å². The summed E-state index contributed by atoms with van der Waals surface area (Å²) in [6.07, 6.45) is 0. The van der Waals surface area contributed by atoms with Crippen LogP contribution in [0.2, 0.25) is 0 Å². The molecule has 0 saturated carbocycles. The van der Waals surface area contributed by atoms with Crippen LogP contribution in [0, 0.1) is 5.82 Å². The predicted octanol–water partition coefficient (Wildman–Crippen LogP) is 2.64. The summed E-state index contributed by atoms with van der Waals surface area (Å²) in [6, 6.07) is 14.8. The number of thioether (sulfide) groups is 1. The third-order valence-corrected chi connectivity index (χ3v) is 5.33. The molecule has 0 aliphatic heterocycles. The Hall–Kier alpha value is -3.66. The second kappa shape index (κ2) is 9.00. The summed E-state index contributed by atoms with van der Waals surface area (Å²) in [7, 11) is 1.58. The number of nitrogens with zero attached hydrogens (tertiary/aromatic N) is 3. The van der Waals surface area contributed by atoms with Crippen LogP contribution in [0.25, 0.3) is 17.0 Å². The van der Waals surface area contributed by atoms with Crippen molar-refractivity contribution in [2.75, 3.05) is 12.9 Å². The topological polar surface area (TPSA) is 101 Å². The number of hydrogen-bond acceptors (Lipinski definition) is 6. The van der Waals surface area contributed by atoms with E-state index < -0.39 is 5.82 Å². The lowest BCUT2D eigenvalue weighted by atomic mass is 10.2. The minimum atomic E-state index is -0.475. The van der Waals surface area contributed by atoms with Crippen molar-refractivity contribution < 1.29 is 13.9 Å². The minimum Gasteiger partial charge on any atom is -0.497 e. The number of carbonyl (C=O) groups is 1. The van der Waals surface area contributed by atoms with Gasteiger partial charge in [0.1, 0.15) is 11.6 Å². The van der Waals surface area contributed by atoms with E-state index in [2.05, 4.69) is 20.4 Å². The summed E-state index contributed by atoms with van der Waals surface area (Å²) >= 11 is 1.11. The van der Waals surface area contributed by atoms with Gasteiger partial charge in [-0.3, -0.25) is 14.7 Å². The average Bonchev–Trinajstić information content (AvgIpc) is 3.16. The van der Waals surface area contributed by atoms with Gasteiger partial charge in [0.15, 0.2) is 16.6 Å². The first-order valence-corrected chi connectivity index (χ1v) is 10.3. The molecule has 2 N–H and O–H groups in total. The van der Waals surface area contributed by atoms with Crippen LogP contribution < -0.4 is 15.6 Å².